The molecule has 1 fully saturated rings. The Kier molecular flexibility index (Phi) is 13.2. The maximum atomic E-state index is 14.1. The fourth-order valence-corrected chi connectivity index (χ4v) is 7.77. The Balaban J connectivity index is 1.65. The number of rotatable bonds is 16. The van der Waals surface area contributed by atoms with Gasteiger partial charge in [0.15, 0.2) is 0 Å². The Morgan fingerprint density at radius 3 is 2.31 bits per heavy atom. The number of hydrogen-bond donors (Lipinski definition) is 3. The molecule has 0 aliphatic carbocycles. The van der Waals surface area contributed by atoms with Gasteiger partial charge in [-0.1, -0.05) is 56.3 Å². The molecule has 0 saturated carbocycles. The van der Waals surface area contributed by atoms with E-state index in [1.165, 1.54) is 16.4 Å². The van der Waals surface area contributed by atoms with Gasteiger partial charge in [0.2, 0.25) is 10.0 Å². The summed E-state index contributed by atoms with van der Waals surface area (Å²) in [4.78, 5) is 29.6. The minimum Gasteiger partial charge on any atom is -0.497 e. The van der Waals surface area contributed by atoms with Crippen LogP contribution in [0, 0.1) is 0 Å². The number of hydrogen-bond acceptors (Lipinski definition) is 7. The highest BCUT2D eigenvalue weighted by molar-refractivity contribution is 7.92. The van der Waals surface area contributed by atoms with Crippen molar-refractivity contribution in [3.63, 3.8) is 0 Å². The number of nitrogens with zero attached hydrogens (tertiary/aromatic N) is 2. The lowest BCUT2D eigenvalue weighted by atomic mass is 9.93. The molecule has 10 nitrogen and oxygen atoms in total. The SMILES string of the molecule is CCCN(CCC)C(=O)c1cc(C(=O)N[C@@H](Cc2ccccc2)[C@H](O)CNC(C)(C)c2cccc(OC)c2)cc(N2CCCCS2(=O)=O)c1. The summed E-state index contributed by atoms with van der Waals surface area (Å²) in [5.74, 6) is -0.0181. The first-order chi connectivity index (χ1) is 23.4. The van der Waals surface area contributed by atoms with Crippen LogP contribution in [0.15, 0.2) is 72.8 Å². The van der Waals surface area contributed by atoms with E-state index >= 15 is 0 Å². The zero-order chi connectivity index (χ0) is 35.6. The molecule has 1 saturated heterocycles. The third-order valence-electron chi connectivity index (χ3n) is 8.96. The Morgan fingerprint density at radius 2 is 1.65 bits per heavy atom. The highest BCUT2D eigenvalue weighted by Crippen LogP contribution is 2.28. The zero-order valence-corrected chi connectivity index (χ0v) is 30.3. The quantitative estimate of drug-likeness (QED) is 0.190. The van der Waals surface area contributed by atoms with Gasteiger partial charge in [-0.25, -0.2) is 8.42 Å². The lowest BCUT2D eigenvalue weighted by Crippen LogP contribution is -2.51. The monoisotopic (exact) mass is 692 g/mol. The zero-order valence-electron chi connectivity index (χ0n) is 29.4. The van der Waals surface area contributed by atoms with E-state index in [4.69, 9.17) is 4.74 Å². The summed E-state index contributed by atoms with van der Waals surface area (Å²) in [6.45, 7) is 9.55. The van der Waals surface area contributed by atoms with Gasteiger partial charge in [0.25, 0.3) is 11.8 Å². The van der Waals surface area contributed by atoms with Crippen molar-refractivity contribution in [1.82, 2.24) is 15.5 Å². The number of anilines is 1. The van der Waals surface area contributed by atoms with Crippen LogP contribution < -0.4 is 19.7 Å². The largest absolute Gasteiger partial charge is 0.497 e. The number of nitrogens with one attached hydrogen (secondary N) is 2. The van der Waals surface area contributed by atoms with Gasteiger partial charge in [0.1, 0.15) is 5.75 Å². The molecule has 3 aromatic rings. The van der Waals surface area contributed by atoms with E-state index in [0.717, 1.165) is 29.7 Å². The molecule has 3 aromatic carbocycles. The molecule has 2 amide bonds. The number of carbonyl (C=O) groups excluding carboxylic acids is 2. The van der Waals surface area contributed by atoms with Crippen LogP contribution >= 0.6 is 0 Å². The van der Waals surface area contributed by atoms with E-state index in [2.05, 4.69) is 10.6 Å². The molecule has 1 aliphatic rings. The Labute approximate surface area is 291 Å². The van der Waals surface area contributed by atoms with E-state index in [0.29, 0.717) is 38.0 Å². The molecular weight excluding hydrogens is 641 g/mol. The van der Waals surface area contributed by atoms with Gasteiger partial charge in [-0.15, -0.1) is 0 Å². The first kappa shape index (κ1) is 37.9. The molecule has 4 rings (SSSR count). The first-order valence-corrected chi connectivity index (χ1v) is 18.9. The van der Waals surface area contributed by atoms with Gasteiger partial charge in [0, 0.05) is 42.8 Å². The van der Waals surface area contributed by atoms with Crippen molar-refractivity contribution < 1.29 is 27.9 Å². The second-order valence-electron chi connectivity index (χ2n) is 13.2. The standard InChI is InChI=1S/C38H52N4O6S/c1-6-18-41(19-7-2)37(45)30-23-29(24-32(25-30)42-20-11-12-21-49(42,46)47)36(44)40-34(22-28-14-9-8-10-15-28)35(43)27-39-38(3,4)31-16-13-17-33(26-31)48-5/h8-10,13-17,23-26,34-35,39,43H,6-7,11-12,18-22,27H2,1-5H3,(H,40,44)/t34-,35+/m0/s1. The van der Waals surface area contributed by atoms with Crippen molar-refractivity contribution in [2.75, 3.05) is 43.3 Å². The predicted molar refractivity (Wildman–Crippen MR) is 195 cm³/mol. The van der Waals surface area contributed by atoms with Crippen LogP contribution in [0.1, 0.15) is 85.2 Å². The van der Waals surface area contributed by atoms with Crippen molar-refractivity contribution in [2.24, 2.45) is 0 Å². The summed E-state index contributed by atoms with van der Waals surface area (Å²) in [5.41, 5.74) is 2.09. The molecule has 0 unspecified atom stereocenters. The van der Waals surface area contributed by atoms with Crippen LogP contribution in [0.2, 0.25) is 0 Å². The number of amides is 2. The van der Waals surface area contributed by atoms with Crippen molar-refractivity contribution in [3.05, 3.63) is 95.1 Å². The molecule has 1 heterocycles. The van der Waals surface area contributed by atoms with E-state index in [-0.39, 0.29) is 35.9 Å². The summed E-state index contributed by atoms with van der Waals surface area (Å²) in [6.07, 6.45) is 2.13. The van der Waals surface area contributed by atoms with Crippen molar-refractivity contribution in [1.29, 1.82) is 0 Å². The normalized spacial score (nSPS) is 15.7. The van der Waals surface area contributed by atoms with Gasteiger partial charge >= 0.3 is 0 Å². The van der Waals surface area contributed by atoms with Crippen LogP contribution in [-0.4, -0.2) is 81.4 Å². The number of ether oxygens (including phenoxy) is 1. The third-order valence-corrected chi connectivity index (χ3v) is 10.8. The molecule has 266 valence electrons. The molecule has 2 atom stereocenters. The third kappa shape index (κ3) is 10.1. The molecule has 11 heteroatoms. The fraction of sp³-hybridized carbons (Fsp3) is 0.474. The summed E-state index contributed by atoms with van der Waals surface area (Å²) in [5, 5.41) is 18.1. The van der Waals surface area contributed by atoms with Crippen LogP contribution in [0.5, 0.6) is 5.75 Å². The van der Waals surface area contributed by atoms with Gasteiger partial charge < -0.3 is 25.4 Å². The average Bonchev–Trinajstić information content (AvgIpc) is 3.10. The molecule has 0 aromatic heterocycles. The summed E-state index contributed by atoms with van der Waals surface area (Å²) in [7, 11) is -1.99. The van der Waals surface area contributed by atoms with E-state index in [9.17, 15) is 23.1 Å². The molecule has 0 spiro atoms. The highest BCUT2D eigenvalue weighted by atomic mass is 32.2. The lowest BCUT2D eigenvalue weighted by Gasteiger charge is -2.32. The molecule has 49 heavy (non-hydrogen) atoms. The second-order valence-corrected chi connectivity index (χ2v) is 15.2. The Morgan fingerprint density at radius 1 is 0.959 bits per heavy atom. The average molecular weight is 693 g/mol. The smallest absolute Gasteiger partial charge is 0.253 e. The first-order valence-electron chi connectivity index (χ1n) is 17.3. The molecule has 3 N–H and O–H groups in total. The number of aliphatic hydroxyl groups is 1. The maximum Gasteiger partial charge on any atom is 0.253 e. The maximum absolute atomic E-state index is 14.1. The summed E-state index contributed by atoms with van der Waals surface area (Å²) < 4.78 is 33.0. The van der Waals surface area contributed by atoms with E-state index in [1.807, 2.05) is 82.3 Å². The Hall–Kier alpha value is -3.93. The van der Waals surface area contributed by atoms with Crippen molar-refractivity contribution in [3.8, 4) is 5.75 Å². The summed E-state index contributed by atoms with van der Waals surface area (Å²) >= 11 is 0. The fourth-order valence-electron chi connectivity index (χ4n) is 6.14. The second kappa shape index (κ2) is 17.1. The number of carbonyl (C=O) groups is 2. The van der Waals surface area contributed by atoms with Crippen molar-refractivity contribution in [2.45, 2.75) is 77.5 Å². The van der Waals surface area contributed by atoms with Crippen LogP contribution in [0.4, 0.5) is 5.69 Å². The molecule has 0 radical (unpaired) electrons. The molecular formula is C38H52N4O6S. The van der Waals surface area contributed by atoms with Crippen molar-refractivity contribution >= 4 is 27.5 Å². The molecule has 0 bridgehead atoms. The van der Waals surface area contributed by atoms with Gasteiger partial charge in [0.05, 0.1) is 30.7 Å². The minimum atomic E-state index is -3.61. The number of benzene rings is 3. The Bertz CT molecular complexity index is 1660. The topological polar surface area (TPSA) is 128 Å². The number of sulfonamides is 1. The van der Waals surface area contributed by atoms with Gasteiger partial charge in [-0.3, -0.25) is 13.9 Å². The minimum absolute atomic E-state index is 0.00888. The molecule has 1 aliphatic heterocycles. The highest BCUT2D eigenvalue weighted by Gasteiger charge is 2.30. The van der Waals surface area contributed by atoms with Crippen LogP contribution in [0.25, 0.3) is 0 Å². The van der Waals surface area contributed by atoms with Crippen LogP contribution in [-0.2, 0) is 22.0 Å². The van der Waals surface area contributed by atoms with E-state index in [1.54, 1.807) is 18.1 Å². The summed E-state index contributed by atoms with van der Waals surface area (Å²) in [6, 6.07) is 21.3. The number of methoxy groups -OCH3 is 1. The van der Waals surface area contributed by atoms with Crippen LogP contribution in [0.3, 0.4) is 0 Å². The van der Waals surface area contributed by atoms with E-state index < -0.39 is 33.6 Å². The lowest BCUT2D eigenvalue weighted by molar-refractivity contribution is 0.0755. The predicted octanol–water partition coefficient (Wildman–Crippen LogP) is 5.11. The number of aliphatic hydroxyl groups excluding tert-OH is 1. The van der Waals surface area contributed by atoms with Gasteiger partial charge in [-0.05, 0) is 87.4 Å². The van der Waals surface area contributed by atoms with Gasteiger partial charge in [-0.2, -0.15) is 0 Å².